The first-order valence-electron chi connectivity index (χ1n) is 3.91. The topological polar surface area (TPSA) is 75.4 Å². The molecule has 0 aromatic heterocycles. The van der Waals surface area contributed by atoms with E-state index >= 15 is 0 Å². The molecular weight excluding hydrogens is 144 g/mol. The summed E-state index contributed by atoms with van der Waals surface area (Å²) in [5.74, 6) is -0.778. The third-order valence-electron chi connectivity index (χ3n) is 2.13. The van der Waals surface area contributed by atoms with Crippen molar-refractivity contribution < 1.29 is 9.90 Å². The molecule has 0 bridgehead atoms. The molecule has 0 saturated carbocycles. The smallest absolute Gasteiger partial charge is 0.320 e. The normalized spacial score (nSPS) is 27.9. The molecule has 1 saturated heterocycles. The molecule has 1 fully saturated rings. The highest BCUT2D eigenvalue weighted by atomic mass is 16.4. The number of aliphatic carboxylic acids is 1. The summed E-state index contributed by atoms with van der Waals surface area (Å²) in [5, 5.41) is 11.7. The summed E-state index contributed by atoms with van der Waals surface area (Å²) in [6, 6.07) is -0.692. The van der Waals surface area contributed by atoms with Gasteiger partial charge >= 0.3 is 5.97 Å². The first-order valence-corrected chi connectivity index (χ1v) is 3.91. The second kappa shape index (κ2) is 3.69. The number of nitrogens with two attached hydrogens (primary N) is 1. The summed E-state index contributed by atoms with van der Waals surface area (Å²) >= 11 is 0. The van der Waals surface area contributed by atoms with E-state index in [-0.39, 0.29) is 5.92 Å². The average Bonchev–Trinajstić information content (AvgIpc) is 2.05. The molecule has 0 aromatic rings. The van der Waals surface area contributed by atoms with Crippen molar-refractivity contribution in [3.05, 3.63) is 0 Å². The third kappa shape index (κ3) is 2.17. The highest BCUT2D eigenvalue weighted by Crippen LogP contribution is 2.12. The molecule has 0 spiro atoms. The van der Waals surface area contributed by atoms with Gasteiger partial charge in [0, 0.05) is 6.54 Å². The van der Waals surface area contributed by atoms with E-state index in [1.807, 2.05) is 0 Å². The van der Waals surface area contributed by atoms with Crippen LogP contribution in [0.1, 0.15) is 12.8 Å². The summed E-state index contributed by atoms with van der Waals surface area (Å²) in [6.45, 7) is 1.73. The molecule has 0 unspecified atom stereocenters. The molecule has 1 aliphatic heterocycles. The Morgan fingerprint density at radius 2 is 2.45 bits per heavy atom. The Morgan fingerprint density at radius 1 is 1.73 bits per heavy atom. The second-order valence-electron chi connectivity index (χ2n) is 2.97. The Bertz CT molecular complexity index is 143. The number of carbonyl (C=O) groups is 1. The zero-order chi connectivity index (χ0) is 8.27. The minimum absolute atomic E-state index is 0.112. The maximum atomic E-state index is 10.4. The number of rotatable bonds is 2. The van der Waals surface area contributed by atoms with Gasteiger partial charge in [0.25, 0.3) is 0 Å². The van der Waals surface area contributed by atoms with Crippen LogP contribution >= 0.6 is 0 Å². The Labute approximate surface area is 65.8 Å². The molecule has 0 amide bonds. The molecular formula is C7H14N2O2. The van der Waals surface area contributed by atoms with E-state index in [0.717, 1.165) is 25.9 Å². The monoisotopic (exact) mass is 158 g/mol. The zero-order valence-corrected chi connectivity index (χ0v) is 6.42. The third-order valence-corrected chi connectivity index (χ3v) is 2.13. The van der Waals surface area contributed by atoms with Crippen LogP contribution in [0.5, 0.6) is 0 Å². The van der Waals surface area contributed by atoms with Crippen LogP contribution in [0.4, 0.5) is 0 Å². The van der Waals surface area contributed by atoms with Gasteiger partial charge in [-0.1, -0.05) is 0 Å². The molecule has 0 aliphatic carbocycles. The maximum absolute atomic E-state index is 10.4. The molecule has 0 aromatic carbocycles. The standard InChI is InChI=1S/C7H14N2O2/c8-6(7(10)11)5-2-1-3-9-4-5/h5-6,9H,1-4,8H2,(H,10,11)/t5-,6+/m1/s1. The van der Waals surface area contributed by atoms with Crippen LogP contribution in [0.25, 0.3) is 0 Å². The van der Waals surface area contributed by atoms with Crippen LogP contribution in [-0.4, -0.2) is 30.2 Å². The van der Waals surface area contributed by atoms with Crippen molar-refractivity contribution in [3.63, 3.8) is 0 Å². The van der Waals surface area contributed by atoms with Crippen LogP contribution in [0, 0.1) is 5.92 Å². The lowest BCUT2D eigenvalue weighted by atomic mass is 9.92. The molecule has 2 atom stereocenters. The van der Waals surface area contributed by atoms with Gasteiger partial charge < -0.3 is 16.2 Å². The number of carboxylic acid groups (broad SMARTS) is 1. The molecule has 0 radical (unpaired) electrons. The van der Waals surface area contributed by atoms with Gasteiger partial charge in [0.2, 0.25) is 0 Å². The summed E-state index contributed by atoms with van der Waals surface area (Å²) in [5.41, 5.74) is 5.45. The van der Waals surface area contributed by atoms with Crippen molar-refractivity contribution in [1.82, 2.24) is 5.32 Å². The highest BCUT2D eigenvalue weighted by Gasteiger charge is 2.25. The predicted octanol–water partition coefficient (Wildman–Crippen LogP) is -0.602. The van der Waals surface area contributed by atoms with Crippen LogP contribution in [0.3, 0.4) is 0 Å². The van der Waals surface area contributed by atoms with Gasteiger partial charge in [-0.25, -0.2) is 0 Å². The summed E-state index contributed by atoms with van der Waals surface area (Å²) < 4.78 is 0. The number of piperidine rings is 1. The Kier molecular flexibility index (Phi) is 2.84. The number of carboxylic acids is 1. The second-order valence-corrected chi connectivity index (χ2v) is 2.97. The fraction of sp³-hybridized carbons (Fsp3) is 0.857. The number of nitrogens with one attached hydrogen (secondary N) is 1. The van der Waals surface area contributed by atoms with Gasteiger partial charge in [0.1, 0.15) is 6.04 Å². The van der Waals surface area contributed by atoms with Gasteiger partial charge in [-0.3, -0.25) is 4.79 Å². The van der Waals surface area contributed by atoms with Crippen molar-refractivity contribution in [1.29, 1.82) is 0 Å². The molecule has 4 heteroatoms. The lowest BCUT2D eigenvalue weighted by Crippen LogP contribution is -2.45. The first kappa shape index (κ1) is 8.49. The Morgan fingerprint density at radius 3 is 2.91 bits per heavy atom. The predicted molar refractivity (Wildman–Crippen MR) is 41.2 cm³/mol. The van der Waals surface area contributed by atoms with Crippen LogP contribution in [0.15, 0.2) is 0 Å². The van der Waals surface area contributed by atoms with E-state index < -0.39 is 12.0 Å². The van der Waals surface area contributed by atoms with E-state index in [1.54, 1.807) is 0 Å². The zero-order valence-electron chi connectivity index (χ0n) is 6.42. The number of hydrogen-bond acceptors (Lipinski definition) is 3. The average molecular weight is 158 g/mol. The van der Waals surface area contributed by atoms with Crippen LogP contribution < -0.4 is 11.1 Å². The van der Waals surface area contributed by atoms with Crippen molar-refractivity contribution in [3.8, 4) is 0 Å². The largest absolute Gasteiger partial charge is 0.480 e. The Balaban J connectivity index is 2.38. The molecule has 4 N–H and O–H groups in total. The lowest BCUT2D eigenvalue weighted by molar-refractivity contribution is -0.140. The van der Waals surface area contributed by atoms with E-state index in [2.05, 4.69) is 5.32 Å². The Hall–Kier alpha value is -0.610. The lowest BCUT2D eigenvalue weighted by Gasteiger charge is -2.25. The van der Waals surface area contributed by atoms with Crippen molar-refractivity contribution in [2.24, 2.45) is 11.7 Å². The van der Waals surface area contributed by atoms with Crippen LogP contribution in [0.2, 0.25) is 0 Å². The van der Waals surface area contributed by atoms with Gasteiger partial charge in [0.05, 0.1) is 0 Å². The SMILES string of the molecule is N[C@H](C(=O)O)[C@@H]1CCCNC1. The van der Waals surface area contributed by atoms with Gasteiger partial charge in [-0.05, 0) is 25.3 Å². The van der Waals surface area contributed by atoms with Crippen molar-refractivity contribution in [2.75, 3.05) is 13.1 Å². The van der Waals surface area contributed by atoms with Crippen molar-refractivity contribution >= 4 is 5.97 Å². The first-order chi connectivity index (χ1) is 5.22. The summed E-state index contributed by atoms with van der Waals surface area (Å²) in [6.07, 6.45) is 1.96. The fourth-order valence-electron chi connectivity index (χ4n) is 1.39. The van der Waals surface area contributed by atoms with E-state index in [0.29, 0.717) is 0 Å². The highest BCUT2D eigenvalue weighted by molar-refractivity contribution is 5.73. The fourth-order valence-corrected chi connectivity index (χ4v) is 1.39. The summed E-state index contributed by atoms with van der Waals surface area (Å²) in [7, 11) is 0. The minimum Gasteiger partial charge on any atom is -0.480 e. The molecule has 1 heterocycles. The minimum atomic E-state index is -0.890. The number of hydrogen-bond donors (Lipinski definition) is 3. The quantitative estimate of drug-likeness (QED) is 0.501. The van der Waals surface area contributed by atoms with Gasteiger partial charge in [-0.15, -0.1) is 0 Å². The van der Waals surface area contributed by atoms with Crippen molar-refractivity contribution in [2.45, 2.75) is 18.9 Å². The molecule has 4 nitrogen and oxygen atoms in total. The maximum Gasteiger partial charge on any atom is 0.320 e. The van der Waals surface area contributed by atoms with E-state index in [4.69, 9.17) is 10.8 Å². The molecule has 1 aliphatic rings. The summed E-state index contributed by atoms with van der Waals surface area (Å²) in [4.78, 5) is 10.4. The van der Waals surface area contributed by atoms with Gasteiger partial charge in [0.15, 0.2) is 0 Å². The molecule has 1 rings (SSSR count). The molecule has 11 heavy (non-hydrogen) atoms. The van der Waals surface area contributed by atoms with E-state index in [1.165, 1.54) is 0 Å². The van der Waals surface area contributed by atoms with E-state index in [9.17, 15) is 4.79 Å². The van der Waals surface area contributed by atoms with Crippen LogP contribution in [-0.2, 0) is 4.79 Å². The van der Waals surface area contributed by atoms with Gasteiger partial charge in [-0.2, -0.15) is 0 Å². The molecule has 64 valence electrons.